The number of hydrogen-bond donors (Lipinski definition) is 0. The molecule has 1 spiro atoms. The van der Waals surface area contributed by atoms with Crippen LogP contribution in [0.25, 0.3) is 5.65 Å². The van der Waals surface area contributed by atoms with Crippen LogP contribution in [0.4, 0.5) is 5.82 Å². The summed E-state index contributed by atoms with van der Waals surface area (Å²) in [4.78, 5) is 6.63. The van der Waals surface area contributed by atoms with Crippen molar-refractivity contribution < 1.29 is 9.47 Å². The fraction of sp³-hybridized carbons (Fsp3) is 0.583. The Bertz CT molecular complexity index is 593. The Labute approximate surface area is 110 Å². The molecule has 0 aromatic carbocycles. The van der Waals surface area contributed by atoms with Crippen molar-refractivity contribution in [1.29, 1.82) is 0 Å². The first-order valence-corrected chi connectivity index (χ1v) is 6.54. The highest BCUT2D eigenvalue weighted by Crippen LogP contribution is 2.32. The zero-order chi connectivity index (χ0) is 12.7. The summed E-state index contributed by atoms with van der Waals surface area (Å²) in [5.74, 6) is 0.394. The summed E-state index contributed by atoms with van der Waals surface area (Å²) in [7, 11) is 0. The molecule has 0 radical (unpaired) electrons. The lowest BCUT2D eigenvalue weighted by Crippen LogP contribution is -2.49. The standard InChI is InChI=1S/C12H15N5O2/c1-2-12(18-6-7-19-12)8-16(4-1)10-11-15-14-9-17(11)5-3-13-10/h3,5,9H,1-2,4,6-8H2. The van der Waals surface area contributed by atoms with E-state index in [0.29, 0.717) is 19.8 Å². The van der Waals surface area contributed by atoms with Gasteiger partial charge in [-0.15, -0.1) is 10.2 Å². The molecule has 0 aliphatic carbocycles. The predicted molar refractivity (Wildman–Crippen MR) is 66.9 cm³/mol. The number of ether oxygens (including phenoxy) is 2. The van der Waals surface area contributed by atoms with Gasteiger partial charge in [0.05, 0.1) is 19.8 Å². The van der Waals surface area contributed by atoms with Gasteiger partial charge in [-0.3, -0.25) is 4.40 Å². The van der Waals surface area contributed by atoms with Crippen molar-refractivity contribution in [2.75, 3.05) is 31.2 Å². The summed E-state index contributed by atoms with van der Waals surface area (Å²) in [6.45, 7) is 2.99. The van der Waals surface area contributed by atoms with Crippen LogP contribution in [0.1, 0.15) is 12.8 Å². The highest BCUT2D eigenvalue weighted by molar-refractivity contribution is 5.63. The van der Waals surface area contributed by atoms with Crippen molar-refractivity contribution in [1.82, 2.24) is 19.6 Å². The Morgan fingerprint density at radius 2 is 2.16 bits per heavy atom. The van der Waals surface area contributed by atoms with Crippen LogP contribution in [0.5, 0.6) is 0 Å². The van der Waals surface area contributed by atoms with Gasteiger partial charge in [0.25, 0.3) is 0 Å². The fourth-order valence-corrected chi connectivity index (χ4v) is 2.87. The molecule has 100 valence electrons. The van der Waals surface area contributed by atoms with Crippen molar-refractivity contribution >= 4 is 11.5 Å². The van der Waals surface area contributed by atoms with Gasteiger partial charge in [-0.2, -0.15) is 0 Å². The van der Waals surface area contributed by atoms with Gasteiger partial charge < -0.3 is 14.4 Å². The third kappa shape index (κ3) is 1.77. The molecular weight excluding hydrogens is 246 g/mol. The molecule has 0 unspecified atom stereocenters. The maximum Gasteiger partial charge on any atom is 0.203 e. The van der Waals surface area contributed by atoms with Gasteiger partial charge in [0.15, 0.2) is 11.6 Å². The number of aromatic nitrogens is 4. The zero-order valence-electron chi connectivity index (χ0n) is 10.5. The van der Waals surface area contributed by atoms with Crippen LogP contribution in [-0.4, -0.2) is 51.7 Å². The summed E-state index contributed by atoms with van der Waals surface area (Å²) >= 11 is 0. The van der Waals surface area contributed by atoms with Gasteiger partial charge >= 0.3 is 0 Å². The lowest BCUT2D eigenvalue weighted by atomic mass is 10.0. The second-order valence-corrected chi connectivity index (χ2v) is 4.95. The van der Waals surface area contributed by atoms with E-state index in [9.17, 15) is 0 Å². The average molecular weight is 261 g/mol. The predicted octanol–water partition coefficient (Wildman–Crippen LogP) is 0.468. The maximum atomic E-state index is 5.79. The van der Waals surface area contributed by atoms with E-state index in [-0.39, 0.29) is 0 Å². The molecule has 0 atom stereocenters. The Hall–Kier alpha value is -1.73. The van der Waals surface area contributed by atoms with E-state index >= 15 is 0 Å². The van der Waals surface area contributed by atoms with Crippen LogP contribution in [0.2, 0.25) is 0 Å². The topological polar surface area (TPSA) is 64.8 Å². The van der Waals surface area contributed by atoms with Crippen LogP contribution in [0.3, 0.4) is 0 Å². The molecule has 2 fully saturated rings. The SMILES string of the molecule is c1cn2cnnc2c(N2CCCC3(C2)OCCO3)n1. The van der Waals surface area contributed by atoms with Gasteiger partial charge in [-0.1, -0.05) is 0 Å². The van der Waals surface area contributed by atoms with E-state index < -0.39 is 5.79 Å². The molecule has 7 nitrogen and oxygen atoms in total. The van der Waals surface area contributed by atoms with Gasteiger partial charge in [0.2, 0.25) is 5.65 Å². The van der Waals surface area contributed by atoms with Crippen molar-refractivity contribution in [3.8, 4) is 0 Å². The van der Waals surface area contributed by atoms with Gasteiger partial charge in [-0.05, 0) is 6.42 Å². The first-order chi connectivity index (χ1) is 9.36. The summed E-state index contributed by atoms with van der Waals surface area (Å²) in [5.41, 5.74) is 0.776. The van der Waals surface area contributed by atoms with Crippen LogP contribution in [-0.2, 0) is 9.47 Å². The lowest BCUT2D eigenvalue weighted by Gasteiger charge is -2.39. The quantitative estimate of drug-likeness (QED) is 0.743. The Morgan fingerprint density at radius 3 is 3.05 bits per heavy atom. The molecule has 2 aliphatic rings. The minimum Gasteiger partial charge on any atom is -0.348 e. The Morgan fingerprint density at radius 1 is 1.26 bits per heavy atom. The molecule has 19 heavy (non-hydrogen) atoms. The molecule has 4 rings (SSSR count). The molecular formula is C12H15N5O2. The number of hydrogen-bond acceptors (Lipinski definition) is 6. The summed E-state index contributed by atoms with van der Waals surface area (Å²) < 4.78 is 13.5. The largest absolute Gasteiger partial charge is 0.348 e. The van der Waals surface area contributed by atoms with E-state index in [1.807, 2.05) is 10.6 Å². The highest BCUT2D eigenvalue weighted by Gasteiger charge is 2.41. The smallest absolute Gasteiger partial charge is 0.203 e. The molecule has 2 saturated heterocycles. The van der Waals surface area contributed by atoms with E-state index in [2.05, 4.69) is 20.1 Å². The fourth-order valence-electron chi connectivity index (χ4n) is 2.87. The second kappa shape index (κ2) is 4.14. The first-order valence-electron chi connectivity index (χ1n) is 6.54. The van der Waals surface area contributed by atoms with E-state index in [1.165, 1.54) is 0 Å². The highest BCUT2D eigenvalue weighted by atomic mass is 16.7. The van der Waals surface area contributed by atoms with Crippen LogP contribution < -0.4 is 4.90 Å². The maximum absolute atomic E-state index is 5.79. The summed E-state index contributed by atoms with van der Waals surface area (Å²) in [6, 6.07) is 0. The minimum atomic E-state index is -0.452. The summed E-state index contributed by atoms with van der Waals surface area (Å²) in [6.07, 6.45) is 7.27. The average Bonchev–Trinajstić information content (AvgIpc) is 3.07. The van der Waals surface area contributed by atoms with E-state index in [1.54, 1.807) is 12.5 Å². The van der Waals surface area contributed by atoms with Gasteiger partial charge in [0.1, 0.15) is 6.33 Å². The van der Waals surface area contributed by atoms with Crippen molar-refractivity contribution in [3.63, 3.8) is 0 Å². The van der Waals surface area contributed by atoms with Crippen molar-refractivity contribution in [2.24, 2.45) is 0 Å². The number of piperidine rings is 1. The molecule has 2 aliphatic heterocycles. The van der Waals surface area contributed by atoms with Gasteiger partial charge in [-0.25, -0.2) is 4.98 Å². The number of nitrogens with zero attached hydrogens (tertiary/aromatic N) is 5. The zero-order valence-corrected chi connectivity index (χ0v) is 10.5. The third-order valence-corrected chi connectivity index (χ3v) is 3.73. The van der Waals surface area contributed by atoms with Crippen molar-refractivity contribution in [3.05, 3.63) is 18.7 Å². The number of fused-ring (bicyclic) bond motifs is 1. The molecule has 0 N–H and O–H groups in total. The molecule has 0 bridgehead atoms. The molecule has 4 heterocycles. The molecule has 0 amide bonds. The number of rotatable bonds is 1. The van der Waals surface area contributed by atoms with Crippen molar-refractivity contribution in [2.45, 2.75) is 18.6 Å². The van der Waals surface area contributed by atoms with E-state index in [0.717, 1.165) is 30.9 Å². The monoisotopic (exact) mass is 261 g/mol. The van der Waals surface area contributed by atoms with Crippen LogP contribution in [0, 0.1) is 0 Å². The Balaban J connectivity index is 1.70. The molecule has 0 saturated carbocycles. The Kier molecular flexibility index (Phi) is 2.42. The first kappa shape index (κ1) is 11.1. The second-order valence-electron chi connectivity index (χ2n) is 4.95. The minimum absolute atomic E-state index is 0.452. The molecule has 2 aromatic heterocycles. The molecule has 7 heteroatoms. The van der Waals surface area contributed by atoms with Crippen LogP contribution >= 0.6 is 0 Å². The third-order valence-electron chi connectivity index (χ3n) is 3.73. The van der Waals surface area contributed by atoms with E-state index in [4.69, 9.17) is 9.47 Å². The number of anilines is 1. The van der Waals surface area contributed by atoms with Gasteiger partial charge in [0, 0.05) is 25.4 Å². The van der Waals surface area contributed by atoms with Crippen LogP contribution in [0.15, 0.2) is 18.7 Å². The normalized spacial score (nSPS) is 22.4. The molecule has 2 aromatic rings. The lowest BCUT2D eigenvalue weighted by molar-refractivity contribution is -0.161. The summed E-state index contributed by atoms with van der Waals surface area (Å²) in [5, 5.41) is 8.07.